The van der Waals surface area contributed by atoms with Crippen LogP contribution in [0, 0.1) is 11.8 Å². The molecule has 0 radical (unpaired) electrons. The Labute approximate surface area is 223 Å². The lowest BCUT2D eigenvalue weighted by atomic mass is 10.0. The highest BCUT2D eigenvalue weighted by molar-refractivity contribution is 6.74. The number of carbonyl (C=O) groups excluding carboxylic acids is 1. The van der Waals surface area contributed by atoms with Crippen LogP contribution >= 0.6 is 0 Å². The van der Waals surface area contributed by atoms with Gasteiger partial charge in [-0.25, -0.2) is 0 Å². The standard InChI is InChI=1S/C31H54O4Si/c1-9-10-11-17-28(32)20-22-29(35-36(7,8)31(4,5)6)21-19-26(2)15-14-16-27(3)23-25-34-30-18-12-13-24-33-30/h15,23,29-30H,9-14,16-19,21,24-25H2,1-8H3/b26-15+,27-23+. The summed E-state index contributed by atoms with van der Waals surface area (Å²) in [6.45, 7) is 19.2. The number of allylic oxidation sites excluding steroid dienone is 3. The number of Topliss-reactive ketones (excluding diaryl/α,β-unsaturated/α-hetero) is 1. The zero-order valence-corrected chi connectivity index (χ0v) is 25.6. The molecule has 1 heterocycles. The number of ether oxygens (including phenoxy) is 2. The van der Waals surface area contributed by atoms with Gasteiger partial charge in [-0.15, -0.1) is 0 Å². The number of ketones is 1. The maximum absolute atomic E-state index is 12.2. The van der Waals surface area contributed by atoms with Crippen LogP contribution in [0.2, 0.25) is 18.1 Å². The molecular formula is C31H54O4Si. The molecule has 0 aromatic carbocycles. The molecule has 36 heavy (non-hydrogen) atoms. The summed E-state index contributed by atoms with van der Waals surface area (Å²) >= 11 is 0. The maximum Gasteiger partial charge on any atom is 0.205 e. The van der Waals surface area contributed by atoms with E-state index in [1.165, 1.54) is 17.6 Å². The smallest absolute Gasteiger partial charge is 0.205 e. The molecular weight excluding hydrogens is 464 g/mol. The lowest BCUT2D eigenvalue weighted by molar-refractivity contribution is -0.155. The van der Waals surface area contributed by atoms with E-state index in [0.717, 1.165) is 64.4 Å². The van der Waals surface area contributed by atoms with E-state index in [4.69, 9.17) is 13.9 Å². The highest BCUT2D eigenvalue weighted by Gasteiger charge is 2.38. The van der Waals surface area contributed by atoms with E-state index in [2.05, 4.69) is 78.6 Å². The third kappa shape index (κ3) is 14.5. The molecule has 1 aliphatic heterocycles. The predicted molar refractivity (Wildman–Crippen MR) is 155 cm³/mol. The fourth-order valence-corrected chi connectivity index (χ4v) is 4.94. The van der Waals surface area contributed by atoms with E-state index in [1.54, 1.807) is 0 Å². The molecule has 2 atom stereocenters. The van der Waals surface area contributed by atoms with Crippen LogP contribution in [0.15, 0.2) is 23.3 Å². The topological polar surface area (TPSA) is 44.8 Å². The molecule has 1 fully saturated rings. The number of rotatable bonds is 15. The molecule has 1 saturated heterocycles. The first-order chi connectivity index (χ1) is 16.9. The van der Waals surface area contributed by atoms with Crippen molar-refractivity contribution in [3.05, 3.63) is 23.3 Å². The Morgan fingerprint density at radius 1 is 1.08 bits per heavy atom. The van der Waals surface area contributed by atoms with Gasteiger partial charge in [-0.2, -0.15) is 0 Å². The molecule has 206 valence electrons. The van der Waals surface area contributed by atoms with Gasteiger partial charge in [-0.05, 0) is 89.3 Å². The Balaban J connectivity index is 2.58. The van der Waals surface area contributed by atoms with E-state index >= 15 is 0 Å². The summed E-state index contributed by atoms with van der Waals surface area (Å²) < 4.78 is 18.1. The summed E-state index contributed by atoms with van der Waals surface area (Å²) in [5.74, 6) is 6.15. The maximum atomic E-state index is 12.2. The van der Waals surface area contributed by atoms with Crippen molar-refractivity contribution in [2.24, 2.45) is 0 Å². The number of carbonyl (C=O) groups is 1. The van der Waals surface area contributed by atoms with Crippen LogP contribution in [0.4, 0.5) is 0 Å². The summed E-state index contributed by atoms with van der Waals surface area (Å²) in [4.78, 5) is 12.2. The molecule has 0 saturated carbocycles. The molecule has 2 unspecified atom stereocenters. The Kier molecular flexibility index (Phi) is 15.8. The van der Waals surface area contributed by atoms with Gasteiger partial charge >= 0.3 is 0 Å². The van der Waals surface area contributed by atoms with Crippen molar-refractivity contribution in [1.29, 1.82) is 0 Å². The van der Waals surface area contributed by atoms with E-state index in [-0.39, 0.29) is 23.2 Å². The summed E-state index contributed by atoms with van der Waals surface area (Å²) in [5, 5.41) is 0.111. The van der Waals surface area contributed by atoms with Gasteiger partial charge in [-0.3, -0.25) is 4.79 Å². The van der Waals surface area contributed by atoms with Crippen molar-refractivity contribution in [1.82, 2.24) is 0 Å². The molecule has 0 aliphatic carbocycles. The van der Waals surface area contributed by atoms with Crippen LogP contribution in [0.1, 0.15) is 112 Å². The monoisotopic (exact) mass is 518 g/mol. The average Bonchev–Trinajstić information content (AvgIpc) is 2.81. The second-order valence-electron chi connectivity index (χ2n) is 11.8. The van der Waals surface area contributed by atoms with Gasteiger partial charge in [0.2, 0.25) is 5.78 Å². The van der Waals surface area contributed by atoms with Crippen molar-refractivity contribution in [2.75, 3.05) is 13.2 Å². The highest BCUT2D eigenvalue weighted by atomic mass is 28.4. The second kappa shape index (κ2) is 17.3. The number of hydrogen-bond acceptors (Lipinski definition) is 4. The van der Waals surface area contributed by atoms with Crippen molar-refractivity contribution in [2.45, 2.75) is 143 Å². The Morgan fingerprint density at radius 2 is 1.81 bits per heavy atom. The van der Waals surface area contributed by atoms with Crippen molar-refractivity contribution >= 4 is 14.1 Å². The van der Waals surface area contributed by atoms with Crippen molar-refractivity contribution in [3.63, 3.8) is 0 Å². The molecule has 0 bridgehead atoms. The Morgan fingerprint density at radius 3 is 2.44 bits per heavy atom. The largest absolute Gasteiger partial charge is 0.403 e. The summed E-state index contributed by atoms with van der Waals surface area (Å²) in [6, 6.07) is 0. The average molecular weight is 519 g/mol. The van der Waals surface area contributed by atoms with Gasteiger partial charge in [0.1, 0.15) is 6.10 Å². The lowest BCUT2D eigenvalue weighted by Crippen LogP contribution is -2.43. The number of hydrogen-bond donors (Lipinski definition) is 0. The SMILES string of the molecule is CCCCCC(=O)C#CC(CC/C(C)=C/CC/C(C)=C/COC1CCCCO1)O[Si](C)(C)C(C)(C)C. The van der Waals surface area contributed by atoms with Crippen LogP contribution in [0.3, 0.4) is 0 Å². The van der Waals surface area contributed by atoms with E-state index in [9.17, 15) is 4.79 Å². The number of unbranched alkanes of at least 4 members (excludes halogenated alkanes) is 2. The summed E-state index contributed by atoms with van der Waals surface area (Å²) in [6.07, 6.45) is 15.1. The van der Waals surface area contributed by atoms with Crippen LogP contribution in [0.25, 0.3) is 0 Å². The fourth-order valence-electron chi connectivity index (χ4n) is 3.70. The zero-order chi connectivity index (χ0) is 27.0. The van der Waals surface area contributed by atoms with Gasteiger partial charge in [0.05, 0.1) is 6.61 Å². The van der Waals surface area contributed by atoms with E-state index in [1.807, 2.05) is 0 Å². The van der Waals surface area contributed by atoms with E-state index in [0.29, 0.717) is 13.0 Å². The van der Waals surface area contributed by atoms with Crippen LogP contribution in [-0.2, 0) is 18.7 Å². The molecule has 0 aromatic rings. The van der Waals surface area contributed by atoms with Gasteiger partial charge < -0.3 is 13.9 Å². The van der Waals surface area contributed by atoms with Crippen molar-refractivity contribution in [3.8, 4) is 11.8 Å². The predicted octanol–water partition coefficient (Wildman–Crippen LogP) is 8.53. The second-order valence-corrected chi connectivity index (χ2v) is 16.6. The molecule has 5 heteroatoms. The molecule has 0 spiro atoms. The third-order valence-electron chi connectivity index (χ3n) is 7.31. The van der Waals surface area contributed by atoms with E-state index < -0.39 is 8.32 Å². The first-order valence-electron chi connectivity index (χ1n) is 14.2. The summed E-state index contributed by atoms with van der Waals surface area (Å²) in [5.41, 5.74) is 2.70. The van der Waals surface area contributed by atoms with Crippen LogP contribution < -0.4 is 0 Å². The zero-order valence-electron chi connectivity index (χ0n) is 24.6. The van der Waals surface area contributed by atoms with Crippen molar-refractivity contribution < 1.29 is 18.7 Å². The quantitative estimate of drug-likeness (QED) is 0.0716. The molecule has 4 nitrogen and oxygen atoms in total. The molecule has 1 aliphatic rings. The van der Waals surface area contributed by atoms with Gasteiger partial charge in [0.25, 0.3) is 0 Å². The third-order valence-corrected chi connectivity index (χ3v) is 11.8. The minimum atomic E-state index is -1.97. The van der Waals surface area contributed by atoms with Gasteiger partial charge in [0, 0.05) is 13.0 Å². The molecule has 0 amide bonds. The van der Waals surface area contributed by atoms with Gasteiger partial charge in [-0.1, -0.05) is 69.8 Å². The molecule has 0 N–H and O–H groups in total. The Bertz CT molecular complexity index is 758. The summed E-state index contributed by atoms with van der Waals surface area (Å²) in [7, 11) is -1.97. The first kappa shape index (κ1) is 32.8. The normalized spacial score (nSPS) is 18.5. The van der Waals surface area contributed by atoms with Gasteiger partial charge in [0.15, 0.2) is 14.6 Å². The fraction of sp³-hybridized carbons (Fsp3) is 0.774. The lowest BCUT2D eigenvalue weighted by Gasteiger charge is -2.38. The van der Waals surface area contributed by atoms with Crippen LogP contribution in [-0.4, -0.2) is 39.7 Å². The van der Waals surface area contributed by atoms with Crippen LogP contribution in [0.5, 0.6) is 0 Å². The molecule has 1 rings (SSSR count). The first-order valence-corrected chi connectivity index (χ1v) is 17.1. The molecule has 0 aromatic heterocycles. The minimum Gasteiger partial charge on any atom is -0.403 e. The Hall–Kier alpha value is -1.19. The minimum absolute atomic E-state index is 0.0267. The highest BCUT2D eigenvalue weighted by Crippen LogP contribution is 2.37.